The second kappa shape index (κ2) is 5.80. The van der Waals surface area contributed by atoms with Crippen molar-refractivity contribution in [3.8, 4) is 0 Å². The third kappa shape index (κ3) is 2.38. The van der Waals surface area contributed by atoms with E-state index in [1.54, 1.807) is 0 Å². The van der Waals surface area contributed by atoms with E-state index in [9.17, 15) is 5.11 Å². The van der Waals surface area contributed by atoms with E-state index in [-0.39, 0.29) is 16.9 Å². The van der Waals surface area contributed by atoms with Crippen molar-refractivity contribution in [1.82, 2.24) is 0 Å². The summed E-state index contributed by atoms with van der Waals surface area (Å²) in [6.45, 7) is 17.2. The van der Waals surface area contributed by atoms with Crippen molar-refractivity contribution in [2.24, 2.45) is 27.6 Å². The molecule has 0 aliphatic heterocycles. The first-order valence-electron chi connectivity index (χ1n) is 9.76. The SMILES string of the molecule is CCCC1(C)CCC(C)(CCC)C2(C)CC(O)CC1(C)C2C. The summed E-state index contributed by atoms with van der Waals surface area (Å²) in [5.41, 5.74) is 1.27. The first kappa shape index (κ1) is 18.3. The molecule has 130 valence electrons. The van der Waals surface area contributed by atoms with Crippen molar-refractivity contribution < 1.29 is 5.11 Å². The molecule has 0 amide bonds. The standard InChI is InChI=1S/C21H40O/c1-8-10-18(4)12-13-19(5,11-9-2)21(7)15-17(22)14-20(18,6)16(21)3/h16-17,22H,8-15H2,1-7H3. The quantitative estimate of drug-likeness (QED) is 0.656. The minimum absolute atomic E-state index is 0.114. The van der Waals surface area contributed by atoms with Crippen LogP contribution in [0.4, 0.5) is 0 Å². The molecular formula is C21H40O. The van der Waals surface area contributed by atoms with Crippen LogP contribution in [0.5, 0.6) is 0 Å². The normalized spacial score (nSPS) is 52.4. The van der Waals surface area contributed by atoms with Gasteiger partial charge in [0.05, 0.1) is 6.10 Å². The molecule has 2 saturated carbocycles. The first-order chi connectivity index (χ1) is 10.1. The monoisotopic (exact) mass is 308 g/mol. The zero-order chi connectivity index (χ0) is 16.8. The highest BCUT2D eigenvalue weighted by molar-refractivity contribution is 5.12. The summed E-state index contributed by atoms with van der Waals surface area (Å²) >= 11 is 0. The van der Waals surface area contributed by atoms with E-state index >= 15 is 0 Å². The Morgan fingerprint density at radius 3 is 1.50 bits per heavy atom. The zero-order valence-corrected chi connectivity index (χ0v) is 16.3. The largest absolute Gasteiger partial charge is 0.393 e. The molecule has 0 radical (unpaired) electrons. The number of fused-ring (bicyclic) bond motifs is 2. The van der Waals surface area contributed by atoms with Crippen LogP contribution in [0.2, 0.25) is 0 Å². The van der Waals surface area contributed by atoms with Gasteiger partial charge in [0.1, 0.15) is 0 Å². The molecule has 4 unspecified atom stereocenters. The van der Waals surface area contributed by atoms with E-state index in [0.717, 1.165) is 12.8 Å². The van der Waals surface area contributed by atoms with Gasteiger partial charge in [0.15, 0.2) is 0 Å². The summed E-state index contributed by atoms with van der Waals surface area (Å²) in [5, 5.41) is 10.8. The van der Waals surface area contributed by atoms with E-state index in [0.29, 0.717) is 16.7 Å². The first-order valence-corrected chi connectivity index (χ1v) is 9.76. The number of hydrogen-bond donors (Lipinski definition) is 1. The van der Waals surface area contributed by atoms with Crippen LogP contribution in [0.3, 0.4) is 0 Å². The van der Waals surface area contributed by atoms with Gasteiger partial charge in [0.25, 0.3) is 0 Å². The third-order valence-electron chi connectivity index (χ3n) is 8.82. The van der Waals surface area contributed by atoms with Gasteiger partial charge >= 0.3 is 0 Å². The fourth-order valence-corrected chi connectivity index (χ4v) is 6.69. The highest BCUT2D eigenvalue weighted by Crippen LogP contribution is 2.70. The van der Waals surface area contributed by atoms with E-state index in [4.69, 9.17) is 0 Å². The molecule has 0 aromatic rings. The lowest BCUT2D eigenvalue weighted by atomic mass is 9.44. The Morgan fingerprint density at radius 2 is 1.18 bits per heavy atom. The molecule has 22 heavy (non-hydrogen) atoms. The molecule has 0 saturated heterocycles. The molecule has 4 atom stereocenters. The summed E-state index contributed by atoms with van der Waals surface area (Å²) in [5.74, 6) is 0.680. The lowest BCUT2D eigenvalue weighted by molar-refractivity contribution is -0.152. The van der Waals surface area contributed by atoms with Gasteiger partial charge in [-0.05, 0) is 66.1 Å². The minimum Gasteiger partial charge on any atom is -0.393 e. The molecule has 2 rings (SSSR count). The fourth-order valence-electron chi connectivity index (χ4n) is 6.69. The van der Waals surface area contributed by atoms with Crippen LogP contribution < -0.4 is 0 Å². The Hall–Kier alpha value is -0.0400. The minimum atomic E-state index is -0.114. The van der Waals surface area contributed by atoms with E-state index in [1.165, 1.54) is 38.5 Å². The molecule has 0 spiro atoms. The van der Waals surface area contributed by atoms with Gasteiger partial charge in [0, 0.05) is 0 Å². The van der Waals surface area contributed by atoms with E-state index in [2.05, 4.69) is 48.5 Å². The predicted molar refractivity (Wildman–Crippen MR) is 95.9 cm³/mol. The Morgan fingerprint density at radius 1 is 0.818 bits per heavy atom. The molecule has 0 aromatic carbocycles. The predicted octanol–water partition coefficient (Wildman–Crippen LogP) is 6.20. The highest BCUT2D eigenvalue weighted by Gasteiger charge is 2.63. The molecule has 1 nitrogen and oxygen atoms in total. The van der Waals surface area contributed by atoms with E-state index < -0.39 is 0 Å². The summed E-state index contributed by atoms with van der Waals surface area (Å²) in [7, 11) is 0. The maximum Gasteiger partial charge on any atom is 0.0551 e. The van der Waals surface area contributed by atoms with Crippen LogP contribution in [0.25, 0.3) is 0 Å². The van der Waals surface area contributed by atoms with Gasteiger partial charge in [-0.2, -0.15) is 0 Å². The second-order valence-electron chi connectivity index (χ2n) is 9.74. The molecule has 2 fully saturated rings. The fraction of sp³-hybridized carbons (Fsp3) is 1.00. The molecule has 2 bridgehead atoms. The molecule has 1 N–H and O–H groups in total. The van der Waals surface area contributed by atoms with Gasteiger partial charge in [-0.15, -0.1) is 0 Å². The Bertz CT molecular complexity index is 369. The highest BCUT2D eigenvalue weighted by atomic mass is 16.3. The summed E-state index contributed by atoms with van der Waals surface area (Å²) in [4.78, 5) is 0. The summed E-state index contributed by atoms with van der Waals surface area (Å²) < 4.78 is 0. The Labute approximate surface area is 139 Å². The number of rotatable bonds is 4. The van der Waals surface area contributed by atoms with E-state index in [1.807, 2.05) is 0 Å². The van der Waals surface area contributed by atoms with Crippen molar-refractivity contribution >= 4 is 0 Å². The number of aliphatic hydroxyl groups is 1. The van der Waals surface area contributed by atoms with Crippen molar-refractivity contribution in [3.63, 3.8) is 0 Å². The van der Waals surface area contributed by atoms with Gasteiger partial charge in [0.2, 0.25) is 0 Å². The van der Waals surface area contributed by atoms with Crippen molar-refractivity contribution in [2.75, 3.05) is 0 Å². The van der Waals surface area contributed by atoms with Crippen molar-refractivity contribution in [2.45, 2.75) is 106 Å². The molecular weight excluding hydrogens is 268 g/mol. The second-order valence-corrected chi connectivity index (χ2v) is 9.74. The Kier molecular flexibility index (Phi) is 4.82. The van der Waals surface area contributed by atoms with Gasteiger partial charge < -0.3 is 5.11 Å². The van der Waals surface area contributed by atoms with Crippen LogP contribution in [-0.2, 0) is 0 Å². The summed E-state index contributed by atoms with van der Waals surface area (Å²) in [6, 6.07) is 0. The third-order valence-corrected chi connectivity index (χ3v) is 8.82. The number of hydrogen-bond acceptors (Lipinski definition) is 1. The van der Waals surface area contributed by atoms with Crippen LogP contribution >= 0.6 is 0 Å². The summed E-state index contributed by atoms with van der Waals surface area (Å²) in [6.07, 6.45) is 9.69. The topological polar surface area (TPSA) is 20.2 Å². The van der Waals surface area contributed by atoms with Gasteiger partial charge in [-0.1, -0.05) is 61.3 Å². The maximum atomic E-state index is 10.8. The van der Waals surface area contributed by atoms with Gasteiger partial charge in [-0.25, -0.2) is 0 Å². The maximum absolute atomic E-state index is 10.8. The molecule has 2 aliphatic carbocycles. The van der Waals surface area contributed by atoms with Crippen LogP contribution in [0.1, 0.15) is 99.8 Å². The molecule has 0 aromatic heterocycles. The van der Waals surface area contributed by atoms with Crippen LogP contribution in [0.15, 0.2) is 0 Å². The molecule has 1 heteroatoms. The Balaban J connectivity index is 2.57. The molecule has 2 aliphatic rings. The van der Waals surface area contributed by atoms with Crippen molar-refractivity contribution in [3.05, 3.63) is 0 Å². The molecule has 0 heterocycles. The lowest BCUT2D eigenvalue weighted by Gasteiger charge is -2.61. The van der Waals surface area contributed by atoms with Crippen molar-refractivity contribution in [1.29, 1.82) is 0 Å². The van der Waals surface area contributed by atoms with Gasteiger partial charge in [-0.3, -0.25) is 0 Å². The van der Waals surface area contributed by atoms with Crippen LogP contribution in [-0.4, -0.2) is 11.2 Å². The smallest absolute Gasteiger partial charge is 0.0551 e. The average Bonchev–Trinajstić information content (AvgIpc) is 2.44. The lowest BCUT2D eigenvalue weighted by Crippen LogP contribution is -2.56. The zero-order valence-electron chi connectivity index (χ0n) is 16.3. The number of aliphatic hydroxyl groups excluding tert-OH is 1. The average molecular weight is 309 g/mol. The van der Waals surface area contributed by atoms with Crippen LogP contribution in [0, 0.1) is 27.6 Å².